The molecule has 1 aliphatic rings. The number of amides is 1. The number of carbonyl (C=O) groups is 1. The maximum atomic E-state index is 11.9. The van der Waals surface area contributed by atoms with Crippen LogP contribution in [0.15, 0.2) is 83.2 Å². The van der Waals surface area contributed by atoms with Gasteiger partial charge in [-0.15, -0.1) is 0 Å². The highest BCUT2D eigenvalue weighted by atomic mass is 16.1. The highest BCUT2D eigenvalue weighted by Crippen LogP contribution is 2.16. The van der Waals surface area contributed by atoms with Gasteiger partial charge in [-0.25, -0.2) is 4.98 Å². The third-order valence-corrected chi connectivity index (χ3v) is 4.65. The number of nitrogens with one attached hydrogen (secondary N) is 1. The predicted molar refractivity (Wildman–Crippen MR) is 134 cm³/mol. The molecule has 1 heterocycles. The second kappa shape index (κ2) is 14.1. The average Bonchev–Trinajstić information content (AvgIpc) is 2.85. The molecule has 7 nitrogen and oxygen atoms in total. The van der Waals surface area contributed by atoms with Crippen molar-refractivity contribution in [3.63, 3.8) is 0 Å². The molecule has 0 fully saturated rings. The van der Waals surface area contributed by atoms with E-state index in [-0.39, 0.29) is 5.91 Å². The molecule has 1 aliphatic carbocycles. The van der Waals surface area contributed by atoms with Gasteiger partial charge in [-0.3, -0.25) is 9.79 Å². The number of nitriles is 1. The van der Waals surface area contributed by atoms with E-state index in [4.69, 9.17) is 16.7 Å². The van der Waals surface area contributed by atoms with Crippen LogP contribution >= 0.6 is 0 Å². The van der Waals surface area contributed by atoms with E-state index < -0.39 is 0 Å². The van der Waals surface area contributed by atoms with Gasteiger partial charge in [-0.2, -0.15) is 5.26 Å². The van der Waals surface area contributed by atoms with Crippen molar-refractivity contribution in [3.8, 4) is 6.07 Å². The van der Waals surface area contributed by atoms with E-state index >= 15 is 0 Å². The standard InChI is InChI=1S/C17H20N4O.C9H10N2/c1-13(10-18)11-19-15-7-8-16(20-12-15)21-17(22)9-14-5-3-2-4-6-14;10-6-5-8-1-3-9(7-11)4-2-8/h3,5-8,10-12H,2,4,9,18H2,1H3,(H,20,21,22);1-4H,5-6,10H2/b13-10-,19-11?;. The van der Waals surface area contributed by atoms with Crippen LogP contribution in [0.1, 0.15) is 37.3 Å². The quantitative estimate of drug-likeness (QED) is 0.550. The highest BCUT2D eigenvalue weighted by Gasteiger charge is 2.06. The average molecular weight is 443 g/mol. The summed E-state index contributed by atoms with van der Waals surface area (Å²) in [7, 11) is 0. The lowest BCUT2D eigenvalue weighted by atomic mass is 10.0. The minimum atomic E-state index is -0.0662. The van der Waals surface area contributed by atoms with Gasteiger partial charge in [-0.1, -0.05) is 30.4 Å². The number of aliphatic imine (C=N–C) groups is 1. The molecule has 170 valence electrons. The van der Waals surface area contributed by atoms with E-state index in [0.717, 1.165) is 30.4 Å². The fourth-order valence-electron chi connectivity index (χ4n) is 2.84. The number of hydrogen-bond donors (Lipinski definition) is 3. The van der Waals surface area contributed by atoms with E-state index in [1.807, 2.05) is 37.3 Å². The Morgan fingerprint density at radius 1 is 1.24 bits per heavy atom. The summed E-state index contributed by atoms with van der Waals surface area (Å²) in [5.41, 5.74) is 15.2. The number of benzene rings is 1. The Labute approximate surface area is 195 Å². The normalized spacial score (nSPS) is 13.0. The smallest absolute Gasteiger partial charge is 0.229 e. The summed E-state index contributed by atoms with van der Waals surface area (Å²) in [6.45, 7) is 2.52. The second-order valence-corrected chi connectivity index (χ2v) is 7.40. The van der Waals surface area contributed by atoms with E-state index in [1.54, 1.807) is 24.5 Å². The Bertz CT molecular complexity index is 1060. The highest BCUT2D eigenvalue weighted by molar-refractivity contribution is 5.91. The number of nitrogens with two attached hydrogens (primary N) is 2. The van der Waals surface area contributed by atoms with Gasteiger partial charge in [0.1, 0.15) is 5.82 Å². The lowest BCUT2D eigenvalue weighted by molar-refractivity contribution is -0.115. The summed E-state index contributed by atoms with van der Waals surface area (Å²) in [6.07, 6.45) is 14.2. The van der Waals surface area contributed by atoms with Gasteiger partial charge >= 0.3 is 0 Å². The van der Waals surface area contributed by atoms with Crippen molar-refractivity contribution < 1.29 is 4.79 Å². The van der Waals surface area contributed by atoms with Gasteiger partial charge in [-0.05, 0) is 79.9 Å². The van der Waals surface area contributed by atoms with Crippen LogP contribution in [0.25, 0.3) is 0 Å². The minimum Gasteiger partial charge on any atom is -0.404 e. The van der Waals surface area contributed by atoms with Crippen LogP contribution in [0.3, 0.4) is 0 Å². The first-order valence-corrected chi connectivity index (χ1v) is 10.8. The lowest BCUT2D eigenvalue weighted by Gasteiger charge is -2.07. The Morgan fingerprint density at radius 3 is 2.61 bits per heavy atom. The molecule has 0 unspecified atom stereocenters. The molecule has 0 radical (unpaired) electrons. The predicted octanol–water partition coefficient (Wildman–Crippen LogP) is 4.31. The minimum absolute atomic E-state index is 0.0662. The Balaban J connectivity index is 0.000000294. The molecule has 1 aromatic heterocycles. The van der Waals surface area contributed by atoms with Crippen molar-refractivity contribution in [1.29, 1.82) is 5.26 Å². The second-order valence-electron chi connectivity index (χ2n) is 7.40. The molecule has 2 aromatic rings. The summed E-state index contributed by atoms with van der Waals surface area (Å²) < 4.78 is 0. The zero-order chi connectivity index (χ0) is 23.9. The first-order chi connectivity index (χ1) is 16.0. The van der Waals surface area contributed by atoms with Gasteiger partial charge in [0.15, 0.2) is 0 Å². The topological polar surface area (TPSA) is 130 Å². The molecule has 0 aliphatic heterocycles. The molecule has 0 bridgehead atoms. The Kier molecular flexibility index (Phi) is 10.8. The van der Waals surface area contributed by atoms with Gasteiger partial charge in [0.05, 0.1) is 29.9 Å². The van der Waals surface area contributed by atoms with E-state index in [1.165, 1.54) is 11.8 Å². The molecular weight excluding hydrogens is 412 g/mol. The van der Waals surface area contributed by atoms with Crippen LogP contribution < -0.4 is 16.8 Å². The van der Waals surface area contributed by atoms with E-state index in [0.29, 0.717) is 30.0 Å². The van der Waals surface area contributed by atoms with Gasteiger partial charge in [0.2, 0.25) is 5.91 Å². The molecule has 0 atom stereocenters. The first kappa shape index (κ1) is 25.2. The van der Waals surface area contributed by atoms with Crippen LogP contribution in [0.2, 0.25) is 0 Å². The van der Waals surface area contributed by atoms with Gasteiger partial charge < -0.3 is 16.8 Å². The van der Waals surface area contributed by atoms with Crippen LogP contribution in [0.5, 0.6) is 0 Å². The molecule has 0 saturated heterocycles. The molecule has 1 aromatic carbocycles. The number of rotatable bonds is 7. The monoisotopic (exact) mass is 442 g/mol. The van der Waals surface area contributed by atoms with Crippen molar-refractivity contribution >= 4 is 23.6 Å². The Morgan fingerprint density at radius 2 is 2.03 bits per heavy atom. The van der Waals surface area contributed by atoms with E-state index in [2.05, 4.69) is 33.5 Å². The van der Waals surface area contributed by atoms with Crippen LogP contribution in [-0.2, 0) is 11.2 Å². The zero-order valence-electron chi connectivity index (χ0n) is 18.9. The number of pyridine rings is 1. The largest absolute Gasteiger partial charge is 0.404 e. The van der Waals surface area contributed by atoms with Crippen LogP contribution in [0.4, 0.5) is 11.5 Å². The maximum Gasteiger partial charge on any atom is 0.229 e. The summed E-state index contributed by atoms with van der Waals surface area (Å²) in [6, 6.07) is 13.1. The summed E-state index contributed by atoms with van der Waals surface area (Å²) in [5.74, 6) is 0.457. The molecule has 1 amide bonds. The lowest BCUT2D eigenvalue weighted by Crippen LogP contribution is -2.13. The zero-order valence-corrected chi connectivity index (χ0v) is 18.9. The number of allylic oxidation sites excluding steroid dienone is 4. The number of hydrogen-bond acceptors (Lipinski definition) is 6. The number of aromatic nitrogens is 1. The van der Waals surface area contributed by atoms with Crippen molar-refractivity contribution in [3.05, 3.63) is 89.3 Å². The molecular formula is C26H30N6O. The van der Waals surface area contributed by atoms with Crippen molar-refractivity contribution in [2.24, 2.45) is 16.5 Å². The summed E-state index contributed by atoms with van der Waals surface area (Å²) in [5, 5.41) is 11.3. The number of anilines is 1. The maximum absolute atomic E-state index is 11.9. The fourth-order valence-corrected chi connectivity index (χ4v) is 2.84. The third kappa shape index (κ3) is 9.76. The van der Waals surface area contributed by atoms with Crippen LogP contribution in [-0.4, -0.2) is 23.7 Å². The van der Waals surface area contributed by atoms with Crippen LogP contribution in [0, 0.1) is 11.3 Å². The molecule has 5 N–H and O–H groups in total. The number of carbonyl (C=O) groups excluding carboxylic acids is 1. The summed E-state index contributed by atoms with van der Waals surface area (Å²) in [4.78, 5) is 20.3. The molecule has 33 heavy (non-hydrogen) atoms. The van der Waals surface area contributed by atoms with Crippen molar-refractivity contribution in [2.45, 2.75) is 32.6 Å². The molecule has 7 heteroatoms. The molecule has 3 rings (SSSR count). The third-order valence-electron chi connectivity index (χ3n) is 4.65. The fraction of sp³-hybridized carbons (Fsp3) is 0.231. The van der Waals surface area contributed by atoms with E-state index in [9.17, 15) is 4.79 Å². The van der Waals surface area contributed by atoms with Gasteiger partial charge in [0.25, 0.3) is 0 Å². The van der Waals surface area contributed by atoms with Gasteiger partial charge in [0, 0.05) is 6.21 Å². The van der Waals surface area contributed by atoms with Crippen molar-refractivity contribution in [1.82, 2.24) is 4.98 Å². The number of nitrogens with zero attached hydrogens (tertiary/aromatic N) is 3. The molecule has 0 saturated carbocycles. The van der Waals surface area contributed by atoms with Crippen molar-refractivity contribution in [2.75, 3.05) is 11.9 Å². The summed E-state index contributed by atoms with van der Waals surface area (Å²) >= 11 is 0. The SMILES string of the molecule is C/C(C=Nc1ccc(NC(=O)CC2=CCCC=C2)nc1)=C/N.N#Cc1ccc(CCN)cc1. The Hall–Kier alpha value is -4.02. The first-order valence-electron chi connectivity index (χ1n) is 10.8. The molecule has 0 spiro atoms.